The Bertz CT molecular complexity index is 1450. The number of ketones is 1. The molecule has 304 valence electrons. The van der Waals surface area contributed by atoms with Crippen LogP contribution in [0.4, 0.5) is 26.3 Å². The van der Waals surface area contributed by atoms with E-state index in [0.29, 0.717) is 38.5 Å². The zero-order chi connectivity index (χ0) is 40.8. The van der Waals surface area contributed by atoms with Crippen molar-refractivity contribution in [1.29, 1.82) is 0 Å². The first-order valence-corrected chi connectivity index (χ1v) is 18.1. The van der Waals surface area contributed by atoms with Crippen LogP contribution < -0.4 is 0 Å². The number of hydrogen-bond acceptors (Lipinski definition) is 8. The van der Waals surface area contributed by atoms with Crippen molar-refractivity contribution >= 4 is 17.7 Å². The third-order valence-electron chi connectivity index (χ3n) is 9.89. The molecule has 2 aromatic rings. The molecular weight excluding hydrogens is 722 g/mol. The van der Waals surface area contributed by atoms with E-state index in [-0.39, 0.29) is 42.6 Å². The van der Waals surface area contributed by atoms with Crippen LogP contribution >= 0.6 is 0 Å². The second-order valence-electron chi connectivity index (χ2n) is 14.4. The molecule has 3 unspecified atom stereocenters. The van der Waals surface area contributed by atoms with Crippen molar-refractivity contribution in [3.63, 3.8) is 0 Å². The number of benzene rings is 2. The highest BCUT2D eigenvalue weighted by molar-refractivity contribution is 5.83. The fraction of sp³-hybridized carbons (Fsp3) is 0.625. The van der Waals surface area contributed by atoms with Crippen LogP contribution in [0.15, 0.2) is 60.7 Å². The van der Waals surface area contributed by atoms with E-state index in [1.54, 1.807) is 20.8 Å². The lowest BCUT2D eigenvalue weighted by Gasteiger charge is -2.32. The Labute approximate surface area is 313 Å². The standard InChI is InChI=1S/C40H54F6O8/c1-28(21-22-33(47)30(3)23-26-53-34(48)37(51-5,39(41,42)43)31-17-9-7-10-18-31)15-13-24-36(4,50)25-14-16-29(2)27-54-35(49)38(52-6,40(44,45)46)32-19-11-8-12-20-32/h7-12,17-20,28-30,50H,13-16,21-27H2,1-6H3/t28?,29-,30?,36?,37+,38+/m1/s1. The SMILES string of the molecule is CO[C@](C(=O)OCCC(C)C(=O)CCC(C)CCCC(C)(O)CCC[C@@H](C)COC(=O)[C@@](OC)(c1ccccc1)C(F)(F)F)(c1ccccc1)C(F)(F)F. The lowest BCUT2D eigenvalue weighted by Crippen LogP contribution is -2.52. The van der Waals surface area contributed by atoms with Gasteiger partial charge in [0.2, 0.25) is 0 Å². The number of carbonyl (C=O) groups is 3. The van der Waals surface area contributed by atoms with Gasteiger partial charge in [-0.2, -0.15) is 26.3 Å². The van der Waals surface area contributed by atoms with Crippen LogP contribution in [-0.2, 0) is 44.5 Å². The van der Waals surface area contributed by atoms with Crippen LogP contribution in [0.2, 0.25) is 0 Å². The normalized spacial score (nSPS) is 17.3. The van der Waals surface area contributed by atoms with Gasteiger partial charge in [0.05, 0.1) is 18.8 Å². The fourth-order valence-electron chi connectivity index (χ4n) is 6.34. The molecule has 0 aromatic heterocycles. The van der Waals surface area contributed by atoms with E-state index < -0.39 is 59.2 Å². The molecule has 0 aliphatic rings. The predicted molar refractivity (Wildman–Crippen MR) is 189 cm³/mol. The van der Waals surface area contributed by atoms with E-state index in [9.17, 15) is 45.8 Å². The average Bonchev–Trinajstić information content (AvgIpc) is 3.10. The van der Waals surface area contributed by atoms with Crippen molar-refractivity contribution in [2.45, 2.75) is 115 Å². The molecule has 0 saturated carbocycles. The number of halogens is 6. The largest absolute Gasteiger partial charge is 0.463 e. The van der Waals surface area contributed by atoms with Crippen molar-refractivity contribution in [1.82, 2.24) is 0 Å². The predicted octanol–water partition coefficient (Wildman–Crippen LogP) is 9.02. The molecule has 0 aliphatic heterocycles. The maximum absolute atomic E-state index is 14.1. The lowest BCUT2D eigenvalue weighted by atomic mass is 9.88. The first kappa shape index (κ1) is 46.7. The molecule has 0 fully saturated rings. The fourth-order valence-corrected chi connectivity index (χ4v) is 6.34. The van der Waals surface area contributed by atoms with Crippen LogP contribution in [0.25, 0.3) is 0 Å². The number of methoxy groups -OCH3 is 2. The smallest absolute Gasteiger partial charge is 0.432 e. The third kappa shape index (κ3) is 12.3. The first-order valence-electron chi connectivity index (χ1n) is 18.1. The number of esters is 2. The van der Waals surface area contributed by atoms with Gasteiger partial charge >= 0.3 is 24.3 Å². The van der Waals surface area contributed by atoms with Crippen molar-refractivity contribution in [2.24, 2.45) is 17.8 Å². The summed E-state index contributed by atoms with van der Waals surface area (Å²) in [6.45, 7) is 6.42. The van der Waals surface area contributed by atoms with E-state index in [1.807, 2.05) is 6.92 Å². The van der Waals surface area contributed by atoms with Crippen molar-refractivity contribution < 1.29 is 64.8 Å². The molecule has 0 aliphatic carbocycles. The molecular formula is C40H54F6O8. The van der Waals surface area contributed by atoms with Gasteiger partial charge in [-0.15, -0.1) is 0 Å². The summed E-state index contributed by atoms with van der Waals surface area (Å²) in [6, 6.07) is 13.1. The second-order valence-corrected chi connectivity index (χ2v) is 14.4. The van der Waals surface area contributed by atoms with Crippen molar-refractivity contribution in [3.05, 3.63) is 71.8 Å². The molecule has 0 heterocycles. The molecule has 2 aromatic carbocycles. The summed E-state index contributed by atoms with van der Waals surface area (Å²) in [5.74, 6) is -3.93. The Balaban J connectivity index is 1.72. The van der Waals surface area contributed by atoms with Gasteiger partial charge in [-0.1, -0.05) is 101 Å². The van der Waals surface area contributed by atoms with Crippen LogP contribution in [-0.4, -0.2) is 68.2 Å². The van der Waals surface area contributed by atoms with Crippen LogP contribution in [0.1, 0.15) is 96.6 Å². The lowest BCUT2D eigenvalue weighted by molar-refractivity contribution is -0.277. The Morgan fingerprint density at radius 2 is 1.07 bits per heavy atom. The zero-order valence-corrected chi connectivity index (χ0v) is 31.9. The summed E-state index contributed by atoms with van der Waals surface area (Å²) in [5, 5.41) is 10.9. The molecule has 0 radical (unpaired) electrons. The minimum atomic E-state index is -5.09. The maximum Gasteiger partial charge on any atom is 0.432 e. The summed E-state index contributed by atoms with van der Waals surface area (Å²) < 4.78 is 104. The molecule has 2 rings (SSSR count). The third-order valence-corrected chi connectivity index (χ3v) is 9.89. The first-order chi connectivity index (χ1) is 25.2. The number of carbonyl (C=O) groups excluding carboxylic acids is 3. The molecule has 14 heteroatoms. The minimum absolute atomic E-state index is 0.0461. The van der Waals surface area contributed by atoms with E-state index in [0.717, 1.165) is 44.9 Å². The number of alkyl halides is 6. The number of hydrogen-bond donors (Lipinski definition) is 1. The summed E-state index contributed by atoms with van der Waals surface area (Å²) in [4.78, 5) is 38.2. The van der Waals surface area contributed by atoms with Crippen molar-refractivity contribution in [2.75, 3.05) is 27.4 Å². The number of rotatable bonds is 23. The maximum atomic E-state index is 14.1. The summed E-state index contributed by atoms with van der Waals surface area (Å²) in [6.07, 6.45) is -5.92. The highest BCUT2D eigenvalue weighted by atomic mass is 19.4. The molecule has 1 N–H and O–H groups in total. The van der Waals surface area contributed by atoms with Gasteiger partial charge in [0.1, 0.15) is 5.78 Å². The van der Waals surface area contributed by atoms with Crippen LogP contribution in [0.3, 0.4) is 0 Å². The summed E-state index contributed by atoms with van der Waals surface area (Å²) in [7, 11) is 1.60. The molecule has 0 amide bonds. The second kappa shape index (κ2) is 20.4. The molecule has 0 saturated heterocycles. The van der Waals surface area contributed by atoms with E-state index >= 15 is 0 Å². The monoisotopic (exact) mass is 776 g/mol. The highest BCUT2D eigenvalue weighted by Crippen LogP contribution is 2.44. The number of aliphatic hydroxyl groups is 1. The number of Topliss-reactive ketones (excluding diaryl/α,β-unsaturated/α-hetero) is 1. The van der Waals surface area contributed by atoms with Gasteiger partial charge in [-0.05, 0) is 50.9 Å². The Hall–Kier alpha value is -3.49. The zero-order valence-electron chi connectivity index (χ0n) is 31.9. The molecule has 8 nitrogen and oxygen atoms in total. The molecule has 0 spiro atoms. The highest BCUT2D eigenvalue weighted by Gasteiger charge is 2.65. The topological polar surface area (TPSA) is 108 Å². The summed E-state index contributed by atoms with van der Waals surface area (Å²) >= 11 is 0. The van der Waals surface area contributed by atoms with Gasteiger partial charge < -0.3 is 24.1 Å². The quantitative estimate of drug-likeness (QED) is 0.0881. The van der Waals surface area contributed by atoms with Crippen LogP contribution in [0, 0.1) is 17.8 Å². The van der Waals surface area contributed by atoms with Gasteiger partial charge in [0, 0.05) is 37.7 Å². The summed E-state index contributed by atoms with van der Waals surface area (Å²) in [5.41, 5.74) is -8.34. The van der Waals surface area contributed by atoms with E-state index in [1.165, 1.54) is 36.4 Å². The van der Waals surface area contributed by atoms with Crippen LogP contribution in [0.5, 0.6) is 0 Å². The van der Waals surface area contributed by atoms with Crippen molar-refractivity contribution in [3.8, 4) is 0 Å². The minimum Gasteiger partial charge on any atom is -0.463 e. The Morgan fingerprint density at radius 1 is 0.648 bits per heavy atom. The molecule has 0 bridgehead atoms. The van der Waals surface area contributed by atoms with Gasteiger partial charge in [-0.3, -0.25) is 4.79 Å². The molecule has 54 heavy (non-hydrogen) atoms. The van der Waals surface area contributed by atoms with Gasteiger partial charge in [0.15, 0.2) is 0 Å². The van der Waals surface area contributed by atoms with E-state index in [4.69, 9.17) is 18.9 Å². The van der Waals surface area contributed by atoms with Gasteiger partial charge in [-0.25, -0.2) is 9.59 Å². The molecule has 6 atom stereocenters. The van der Waals surface area contributed by atoms with E-state index in [2.05, 4.69) is 0 Å². The number of ether oxygens (including phenoxy) is 4. The Kier molecular flexibility index (Phi) is 17.7. The Morgan fingerprint density at radius 3 is 1.50 bits per heavy atom. The van der Waals surface area contributed by atoms with Gasteiger partial charge in [0.25, 0.3) is 11.2 Å². The average molecular weight is 777 g/mol.